The number of nitrogens with zero attached hydrogens (tertiary/aromatic N) is 5. The van der Waals surface area contributed by atoms with E-state index in [9.17, 15) is 4.79 Å². The Morgan fingerprint density at radius 2 is 1.83 bits per heavy atom. The smallest absolute Gasteiger partial charge is 0.339 e. The molecule has 0 aliphatic carbocycles. The van der Waals surface area contributed by atoms with E-state index < -0.39 is 23.5 Å². The molecule has 0 fully saturated rings. The van der Waals surface area contributed by atoms with Crippen molar-refractivity contribution >= 4 is 22.5 Å². The van der Waals surface area contributed by atoms with Crippen LogP contribution in [0.2, 0.25) is 0 Å². The van der Waals surface area contributed by atoms with Gasteiger partial charge in [-0.15, -0.1) is 0 Å². The van der Waals surface area contributed by atoms with Gasteiger partial charge in [0, 0.05) is 40.4 Å². The Morgan fingerprint density at radius 1 is 1.06 bits per heavy atom. The first-order valence-electron chi connectivity index (χ1n) is 16.1. The Balaban J connectivity index is 1.64. The summed E-state index contributed by atoms with van der Waals surface area (Å²) < 4.78 is 37.1. The molecule has 1 atom stereocenters. The zero-order chi connectivity index (χ0) is 33.9. The van der Waals surface area contributed by atoms with Gasteiger partial charge in [-0.1, -0.05) is 36.4 Å². The van der Waals surface area contributed by atoms with Crippen LogP contribution in [0.3, 0.4) is 0 Å². The second-order valence-corrected chi connectivity index (χ2v) is 13.3. The topological polar surface area (TPSA) is 92.8 Å². The highest BCUT2D eigenvalue weighted by molar-refractivity contribution is 5.96. The molecular formula is C38H38FN5O4. The van der Waals surface area contributed by atoms with Crippen molar-refractivity contribution in [2.75, 3.05) is 13.7 Å². The Labute approximate surface area is 278 Å². The fraction of sp³-hybridized carbons (Fsp3) is 0.316. The van der Waals surface area contributed by atoms with Gasteiger partial charge in [-0.25, -0.2) is 18.7 Å². The van der Waals surface area contributed by atoms with Crippen molar-refractivity contribution in [3.8, 4) is 39.4 Å². The Hall–Kier alpha value is -5.09. The van der Waals surface area contributed by atoms with Gasteiger partial charge in [0.1, 0.15) is 5.69 Å². The number of hydrogen-bond acceptors (Lipinski definition) is 7. The van der Waals surface area contributed by atoms with Gasteiger partial charge in [-0.05, 0) is 76.8 Å². The van der Waals surface area contributed by atoms with Crippen LogP contribution in [0.25, 0.3) is 50.2 Å². The van der Waals surface area contributed by atoms with Gasteiger partial charge >= 0.3 is 5.97 Å². The average molecular weight is 648 g/mol. The van der Waals surface area contributed by atoms with Crippen LogP contribution in [0.1, 0.15) is 55.7 Å². The highest BCUT2D eigenvalue weighted by atomic mass is 19.1. The molecular weight excluding hydrogens is 609 g/mol. The molecule has 6 aromatic rings. The fourth-order valence-corrected chi connectivity index (χ4v) is 6.72. The minimum atomic E-state index is -1.17. The van der Waals surface area contributed by atoms with E-state index in [0.29, 0.717) is 46.9 Å². The molecule has 1 unspecified atom stereocenters. The van der Waals surface area contributed by atoms with E-state index in [0.717, 1.165) is 45.1 Å². The van der Waals surface area contributed by atoms with Gasteiger partial charge in [0.2, 0.25) is 0 Å². The fourth-order valence-electron chi connectivity index (χ4n) is 6.72. The molecule has 0 saturated carbocycles. The Morgan fingerprint density at radius 3 is 2.56 bits per heavy atom. The van der Waals surface area contributed by atoms with Crippen LogP contribution >= 0.6 is 0 Å². The lowest BCUT2D eigenvalue weighted by atomic mass is 9.90. The van der Waals surface area contributed by atoms with Gasteiger partial charge in [0.25, 0.3) is 0 Å². The van der Waals surface area contributed by atoms with E-state index in [4.69, 9.17) is 24.3 Å². The zero-order valence-corrected chi connectivity index (χ0v) is 28.2. The molecule has 0 spiro atoms. The Bertz CT molecular complexity index is 2210. The Kier molecular flexibility index (Phi) is 7.78. The SMILES string of the molecule is COC(=O)C(OC(C)(C)C)c1c(C)nc2c(-c3ccc4c(cnn4C)c3)c(-c3ccccc3)nn2c1-c1cc(F)c2c(c1C)CCCO2. The van der Waals surface area contributed by atoms with Gasteiger partial charge in [-0.3, -0.25) is 4.68 Å². The standard InChI is InChI=1S/C38H38FN5O4/c1-21-26-14-11-17-47-34(26)28(39)19-27(21)33-30(35(37(45)46-7)48-38(3,4)5)22(2)41-36-31(24-15-16-29-25(18-24)20-40-43(29)6)32(42-44(33)36)23-12-9-8-10-13-23/h8-10,12-13,15-16,18-20,35H,11,14,17H2,1-7H3. The quantitative estimate of drug-likeness (QED) is 0.171. The summed E-state index contributed by atoms with van der Waals surface area (Å²) in [5.41, 5.74) is 7.80. The van der Waals surface area contributed by atoms with Gasteiger partial charge < -0.3 is 14.2 Å². The molecule has 246 valence electrons. The van der Waals surface area contributed by atoms with Crippen molar-refractivity contribution in [1.82, 2.24) is 24.4 Å². The van der Waals surface area contributed by atoms with Gasteiger partial charge in [0.05, 0.1) is 42.3 Å². The van der Waals surface area contributed by atoms with Crippen molar-refractivity contribution in [3.63, 3.8) is 0 Å². The predicted octanol–water partition coefficient (Wildman–Crippen LogP) is 7.73. The predicted molar refractivity (Wildman–Crippen MR) is 182 cm³/mol. The van der Waals surface area contributed by atoms with Gasteiger partial charge in [-0.2, -0.15) is 10.2 Å². The molecule has 9 nitrogen and oxygen atoms in total. The molecule has 1 aliphatic heterocycles. The van der Waals surface area contributed by atoms with Crippen LogP contribution in [0, 0.1) is 19.7 Å². The monoisotopic (exact) mass is 647 g/mol. The molecule has 0 saturated heterocycles. The van der Waals surface area contributed by atoms with E-state index in [2.05, 4.69) is 11.2 Å². The lowest BCUT2D eigenvalue weighted by molar-refractivity contribution is -0.164. The summed E-state index contributed by atoms with van der Waals surface area (Å²) in [5, 5.41) is 10.7. The lowest BCUT2D eigenvalue weighted by Crippen LogP contribution is -2.30. The zero-order valence-electron chi connectivity index (χ0n) is 28.2. The summed E-state index contributed by atoms with van der Waals surface area (Å²) in [4.78, 5) is 18.7. The molecule has 7 rings (SSSR count). The maximum absolute atomic E-state index is 16.0. The summed E-state index contributed by atoms with van der Waals surface area (Å²) >= 11 is 0. The summed E-state index contributed by atoms with van der Waals surface area (Å²) in [6.07, 6.45) is 2.10. The van der Waals surface area contributed by atoms with Crippen molar-refractivity contribution < 1.29 is 23.4 Å². The van der Waals surface area contributed by atoms with Crippen LogP contribution in [-0.2, 0) is 27.7 Å². The molecule has 0 amide bonds. The molecule has 1 aliphatic rings. The number of ether oxygens (including phenoxy) is 3. The third-order valence-corrected chi connectivity index (χ3v) is 8.91. The number of carbonyl (C=O) groups is 1. The summed E-state index contributed by atoms with van der Waals surface area (Å²) in [6.45, 7) is 9.89. The number of halogens is 1. The molecule has 0 bridgehead atoms. The molecule has 48 heavy (non-hydrogen) atoms. The minimum Gasteiger partial charge on any atom is -0.490 e. The van der Waals surface area contributed by atoms with Crippen molar-refractivity contribution in [1.29, 1.82) is 0 Å². The van der Waals surface area contributed by atoms with E-state index in [1.807, 2.05) is 95.0 Å². The van der Waals surface area contributed by atoms with Gasteiger partial charge in [0.15, 0.2) is 23.3 Å². The second-order valence-electron chi connectivity index (χ2n) is 13.3. The highest BCUT2D eigenvalue weighted by Gasteiger charge is 2.36. The summed E-state index contributed by atoms with van der Waals surface area (Å²) in [5.74, 6) is -0.784. The van der Waals surface area contributed by atoms with Crippen LogP contribution in [-0.4, -0.2) is 49.7 Å². The maximum atomic E-state index is 16.0. The molecule has 3 aromatic heterocycles. The number of benzene rings is 3. The summed E-state index contributed by atoms with van der Waals surface area (Å²) in [7, 11) is 3.24. The van der Waals surface area contributed by atoms with E-state index in [1.165, 1.54) is 13.2 Å². The largest absolute Gasteiger partial charge is 0.490 e. The van der Waals surface area contributed by atoms with Crippen molar-refractivity contribution in [2.45, 2.75) is 59.2 Å². The number of rotatable bonds is 6. The molecule has 10 heteroatoms. The van der Waals surface area contributed by atoms with E-state index in [-0.39, 0.29) is 5.75 Å². The third-order valence-electron chi connectivity index (χ3n) is 8.91. The molecule has 4 heterocycles. The molecule has 0 radical (unpaired) electrons. The number of aryl methyl sites for hydroxylation is 2. The first-order chi connectivity index (χ1) is 23.0. The lowest BCUT2D eigenvalue weighted by Gasteiger charge is -2.29. The number of aromatic nitrogens is 5. The van der Waals surface area contributed by atoms with Crippen LogP contribution in [0.4, 0.5) is 4.39 Å². The van der Waals surface area contributed by atoms with Crippen molar-refractivity contribution in [3.05, 3.63) is 89.0 Å². The van der Waals surface area contributed by atoms with E-state index >= 15 is 4.39 Å². The third kappa shape index (κ3) is 5.30. The number of methoxy groups -OCH3 is 1. The highest BCUT2D eigenvalue weighted by Crippen LogP contribution is 2.44. The van der Waals surface area contributed by atoms with E-state index in [1.54, 1.807) is 4.52 Å². The second kappa shape index (κ2) is 11.9. The number of hydrogen-bond donors (Lipinski definition) is 0. The summed E-state index contributed by atoms with van der Waals surface area (Å²) in [6, 6.07) is 17.5. The first kappa shape index (κ1) is 31.5. The van der Waals surface area contributed by atoms with Crippen LogP contribution in [0.5, 0.6) is 5.75 Å². The number of carbonyl (C=O) groups excluding carboxylic acids is 1. The number of esters is 1. The minimum absolute atomic E-state index is 0.275. The maximum Gasteiger partial charge on any atom is 0.339 e. The van der Waals surface area contributed by atoms with Crippen molar-refractivity contribution in [2.24, 2.45) is 7.05 Å². The first-order valence-corrected chi connectivity index (χ1v) is 16.1. The molecule has 0 N–H and O–H groups in total. The average Bonchev–Trinajstić information content (AvgIpc) is 3.64. The molecule has 3 aromatic carbocycles. The van der Waals surface area contributed by atoms with Crippen LogP contribution < -0.4 is 4.74 Å². The number of fused-ring (bicyclic) bond motifs is 3. The normalized spacial score (nSPS) is 13.8. The van der Waals surface area contributed by atoms with Crippen LogP contribution in [0.15, 0.2) is 60.8 Å².